The zero-order chi connectivity index (χ0) is 16.9. The van der Waals surface area contributed by atoms with Gasteiger partial charge in [-0.15, -0.1) is 0 Å². The summed E-state index contributed by atoms with van der Waals surface area (Å²) in [6, 6.07) is 9.33. The number of aldehydes is 1. The highest BCUT2D eigenvalue weighted by Crippen LogP contribution is 2.23. The summed E-state index contributed by atoms with van der Waals surface area (Å²) in [7, 11) is 0. The first-order chi connectivity index (χ1) is 11.7. The lowest BCUT2D eigenvalue weighted by atomic mass is 10.1. The molecule has 0 unspecified atom stereocenters. The Kier molecular flexibility index (Phi) is 4.65. The topological polar surface area (TPSA) is 69.9 Å². The Morgan fingerprint density at radius 1 is 1.21 bits per heavy atom. The van der Waals surface area contributed by atoms with Gasteiger partial charge in [0.05, 0.1) is 11.4 Å². The first-order valence-corrected chi connectivity index (χ1v) is 7.74. The molecule has 0 N–H and O–H groups in total. The van der Waals surface area contributed by atoms with Crippen LogP contribution >= 0.6 is 0 Å². The van der Waals surface area contributed by atoms with Crippen molar-refractivity contribution in [2.75, 3.05) is 0 Å². The second kappa shape index (κ2) is 7.04. The molecule has 3 aromatic rings. The van der Waals surface area contributed by atoms with E-state index in [2.05, 4.69) is 15.1 Å². The minimum Gasteiger partial charge on any atom is -0.486 e. The Labute approximate surface area is 140 Å². The van der Waals surface area contributed by atoms with Crippen LogP contribution in [0, 0.1) is 6.92 Å². The maximum absolute atomic E-state index is 11.2. The molecular weight excluding hydrogens is 304 g/mol. The molecule has 0 saturated heterocycles. The molecule has 0 radical (unpaired) electrons. The van der Waals surface area contributed by atoms with E-state index in [-0.39, 0.29) is 0 Å². The van der Waals surface area contributed by atoms with Gasteiger partial charge in [0.25, 0.3) is 0 Å². The number of aromatic nitrogens is 4. The molecule has 0 bridgehead atoms. The predicted molar refractivity (Wildman–Crippen MR) is 89.8 cm³/mol. The summed E-state index contributed by atoms with van der Waals surface area (Å²) in [6.45, 7) is 4.92. The molecule has 0 aliphatic heterocycles. The van der Waals surface area contributed by atoms with Crippen LogP contribution in [0.2, 0.25) is 0 Å². The van der Waals surface area contributed by atoms with Gasteiger partial charge < -0.3 is 4.74 Å². The summed E-state index contributed by atoms with van der Waals surface area (Å²) in [5.74, 6) is 0.467. The molecule has 0 aromatic carbocycles. The monoisotopic (exact) mass is 322 g/mol. The third kappa shape index (κ3) is 3.17. The molecule has 6 heteroatoms. The quantitative estimate of drug-likeness (QED) is 0.652. The SMILES string of the molecule is CCn1nccc1-c1ncccc1COc1ccc(C)nc1C=O. The fraction of sp³-hybridized carbons (Fsp3) is 0.222. The molecule has 122 valence electrons. The second-order valence-corrected chi connectivity index (χ2v) is 5.29. The Balaban J connectivity index is 1.88. The van der Waals surface area contributed by atoms with E-state index in [4.69, 9.17) is 4.74 Å². The molecule has 0 spiro atoms. The van der Waals surface area contributed by atoms with E-state index in [0.717, 1.165) is 29.2 Å². The summed E-state index contributed by atoms with van der Waals surface area (Å²) in [5, 5.41) is 4.29. The molecule has 0 saturated carbocycles. The molecule has 0 aliphatic carbocycles. The van der Waals surface area contributed by atoms with Crippen molar-refractivity contribution in [1.29, 1.82) is 0 Å². The predicted octanol–water partition coefficient (Wildman–Crippen LogP) is 3.06. The van der Waals surface area contributed by atoms with Crippen molar-refractivity contribution in [1.82, 2.24) is 19.7 Å². The van der Waals surface area contributed by atoms with Crippen LogP contribution in [-0.4, -0.2) is 26.0 Å². The van der Waals surface area contributed by atoms with Gasteiger partial charge in [-0.25, -0.2) is 4.98 Å². The van der Waals surface area contributed by atoms with Crippen molar-refractivity contribution in [3.63, 3.8) is 0 Å². The lowest BCUT2D eigenvalue weighted by Crippen LogP contribution is -2.05. The number of rotatable bonds is 6. The number of carbonyl (C=O) groups excluding carboxylic acids is 1. The lowest BCUT2D eigenvalue weighted by Gasteiger charge is -2.12. The van der Waals surface area contributed by atoms with Crippen LogP contribution in [0.3, 0.4) is 0 Å². The number of hydrogen-bond acceptors (Lipinski definition) is 5. The molecule has 24 heavy (non-hydrogen) atoms. The van der Waals surface area contributed by atoms with Crippen LogP contribution in [0.4, 0.5) is 0 Å². The van der Waals surface area contributed by atoms with E-state index in [1.807, 2.05) is 42.8 Å². The Bertz CT molecular complexity index is 858. The van der Waals surface area contributed by atoms with Crippen LogP contribution in [-0.2, 0) is 13.2 Å². The minimum absolute atomic E-state index is 0.295. The van der Waals surface area contributed by atoms with Gasteiger partial charge in [-0.05, 0) is 38.1 Å². The second-order valence-electron chi connectivity index (χ2n) is 5.29. The Hall–Kier alpha value is -3.02. The summed E-state index contributed by atoms with van der Waals surface area (Å²) < 4.78 is 7.70. The molecule has 0 amide bonds. The highest BCUT2D eigenvalue weighted by molar-refractivity contribution is 5.76. The average Bonchev–Trinajstić information content (AvgIpc) is 3.09. The first kappa shape index (κ1) is 15.9. The van der Waals surface area contributed by atoms with Crippen LogP contribution in [0.5, 0.6) is 5.75 Å². The largest absolute Gasteiger partial charge is 0.486 e. The number of aryl methyl sites for hydroxylation is 2. The van der Waals surface area contributed by atoms with Crippen molar-refractivity contribution in [2.45, 2.75) is 27.0 Å². The van der Waals surface area contributed by atoms with Gasteiger partial charge in [-0.1, -0.05) is 6.07 Å². The van der Waals surface area contributed by atoms with E-state index in [1.165, 1.54) is 0 Å². The van der Waals surface area contributed by atoms with Crippen molar-refractivity contribution in [3.8, 4) is 17.1 Å². The average molecular weight is 322 g/mol. The van der Waals surface area contributed by atoms with Crippen LogP contribution in [0.25, 0.3) is 11.4 Å². The van der Waals surface area contributed by atoms with E-state index in [1.54, 1.807) is 18.5 Å². The number of nitrogens with zero attached hydrogens (tertiary/aromatic N) is 4. The van der Waals surface area contributed by atoms with Crippen LogP contribution in [0.15, 0.2) is 42.7 Å². The third-order valence-corrected chi connectivity index (χ3v) is 3.67. The van der Waals surface area contributed by atoms with Gasteiger partial charge in [-0.2, -0.15) is 5.10 Å². The van der Waals surface area contributed by atoms with E-state index >= 15 is 0 Å². The highest BCUT2D eigenvalue weighted by atomic mass is 16.5. The smallest absolute Gasteiger partial charge is 0.172 e. The van der Waals surface area contributed by atoms with E-state index in [0.29, 0.717) is 24.3 Å². The van der Waals surface area contributed by atoms with Gasteiger partial charge >= 0.3 is 0 Å². The van der Waals surface area contributed by atoms with E-state index < -0.39 is 0 Å². The van der Waals surface area contributed by atoms with Gasteiger partial charge in [0.1, 0.15) is 18.1 Å². The van der Waals surface area contributed by atoms with Crippen LogP contribution < -0.4 is 4.74 Å². The van der Waals surface area contributed by atoms with E-state index in [9.17, 15) is 4.79 Å². The fourth-order valence-electron chi connectivity index (χ4n) is 2.50. The number of ether oxygens (including phenoxy) is 1. The molecule has 0 atom stereocenters. The summed E-state index contributed by atoms with van der Waals surface area (Å²) >= 11 is 0. The molecule has 0 fully saturated rings. The summed E-state index contributed by atoms with van der Waals surface area (Å²) in [4.78, 5) is 19.8. The lowest BCUT2D eigenvalue weighted by molar-refractivity contribution is 0.111. The highest BCUT2D eigenvalue weighted by Gasteiger charge is 2.12. The van der Waals surface area contributed by atoms with Gasteiger partial charge in [0.2, 0.25) is 0 Å². The van der Waals surface area contributed by atoms with Gasteiger partial charge in [-0.3, -0.25) is 14.5 Å². The Morgan fingerprint density at radius 3 is 2.88 bits per heavy atom. The van der Waals surface area contributed by atoms with Crippen LogP contribution in [0.1, 0.15) is 28.7 Å². The fourth-order valence-corrected chi connectivity index (χ4v) is 2.50. The first-order valence-electron chi connectivity index (χ1n) is 7.74. The summed E-state index contributed by atoms with van der Waals surface area (Å²) in [5.41, 5.74) is 3.77. The van der Waals surface area contributed by atoms with Crippen molar-refractivity contribution < 1.29 is 9.53 Å². The van der Waals surface area contributed by atoms with Gasteiger partial charge in [0, 0.05) is 30.2 Å². The minimum atomic E-state index is 0.295. The molecule has 3 rings (SSSR count). The maximum atomic E-state index is 11.2. The standard InChI is InChI=1S/C18H18N4O2/c1-3-22-16(8-10-20-22)18-14(5-4-9-19-18)12-24-17-7-6-13(2)21-15(17)11-23/h4-11H,3,12H2,1-2H3. The number of pyridine rings is 2. The normalized spacial score (nSPS) is 10.6. The van der Waals surface area contributed by atoms with Gasteiger partial charge in [0.15, 0.2) is 6.29 Å². The molecule has 0 aliphatic rings. The third-order valence-electron chi connectivity index (χ3n) is 3.67. The molecule has 3 heterocycles. The summed E-state index contributed by atoms with van der Waals surface area (Å²) in [6.07, 6.45) is 4.21. The molecular formula is C18H18N4O2. The zero-order valence-electron chi connectivity index (χ0n) is 13.6. The van der Waals surface area contributed by atoms with Crippen molar-refractivity contribution >= 4 is 6.29 Å². The Morgan fingerprint density at radius 2 is 2.08 bits per heavy atom. The zero-order valence-corrected chi connectivity index (χ0v) is 13.6. The maximum Gasteiger partial charge on any atom is 0.172 e. The van der Waals surface area contributed by atoms with Crippen molar-refractivity contribution in [2.24, 2.45) is 0 Å². The number of carbonyl (C=O) groups is 1. The van der Waals surface area contributed by atoms with Crippen molar-refractivity contribution in [3.05, 3.63) is 59.7 Å². The molecule has 6 nitrogen and oxygen atoms in total. The molecule has 3 aromatic heterocycles. The number of hydrogen-bond donors (Lipinski definition) is 0.